The van der Waals surface area contributed by atoms with E-state index in [4.69, 9.17) is 5.73 Å². The van der Waals surface area contributed by atoms with Crippen LogP contribution in [-0.4, -0.2) is 22.3 Å². The Kier molecular flexibility index (Phi) is 5.69. The van der Waals surface area contributed by atoms with Gasteiger partial charge in [0.25, 0.3) is 0 Å². The molecule has 0 amide bonds. The van der Waals surface area contributed by atoms with Crippen molar-refractivity contribution in [3.63, 3.8) is 0 Å². The maximum Gasteiger partial charge on any atom is 0.137 e. The summed E-state index contributed by atoms with van der Waals surface area (Å²) in [4.78, 5) is 8.80. The number of aliphatic imine (C=N–C) groups is 1. The zero-order valence-electron chi connectivity index (χ0n) is 15.3. The fourth-order valence-corrected chi connectivity index (χ4v) is 2.96. The smallest absolute Gasteiger partial charge is 0.137 e. The molecule has 134 valence electrons. The summed E-state index contributed by atoms with van der Waals surface area (Å²) in [5, 5.41) is 3.44. The van der Waals surface area contributed by atoms with E-state index < -0.39 is 0 Å². The highest BCUT2D eigenvalue weighted by Crippen LogP contribution is 2.19. The summed E-state index contributed by atoms with van der Waals surface area (Å²) in [6.45, 7) is 2.09. The third-order valence-corrected chi connectivity index (χ3v) is 4.37. The molecule has 3 rings (SSSR count). The predicted octanol–water partition coefficient (Wildman–Crippen LogP) is 3.82. The molecule has 0 atom stereocenters. The van der Waals surface area contributed by atoms with E-state index in [0.717, 1.165) is 53.3 Å². The summed E-state index contributed by atoms with van der Waals surface area (Å²) in [6, 6.07) is 4.00. The van der Waals surface area contributed by atoms with Crippen molar-refractivity contribution in [2.75, 3.05) is 7.05 Å². The highest BCUT2D eigenvalue weighted by atomic mass is 15.0. The second-order valence-corrected chi connectivity index (χ2v) is 6.06. The van der Waals surface area contributed by atoms with E-state index in [1.807, 2.05) is 28.9 Å². The Morgan fingerprint density at radius 1 is 1.27 bits per heavy atom. The van der Waals surface area contributed by atoms with Crippen LogP contribution in [0.3, 0.4) is 0 Å². The minimum absolute atomic E-state index is 0.724. The van der Waals surface area contributed by atoms with Crippen LogP contribution in [0.25, 0.3) is 11.3 Å². The molecule has 0 saturated carbocycles. The molecule has 3 N–H and O–H groups in total. The lowest BCUT2D eigenvalue weighted by atomic mass is 10.0. The number of rotatable bonds is 4. The summed E-state index contributed by atoms with van der Waals surface area (Å²) >= 11 is 0. The first-order valence-electron chi connectivity index (χ1n) is 8.90. The number of hydrogen-bond donors (Lipinski definition) is 2. The molecule has 0 radical (unpaired) electrons. The molecule has 0 aliphatic heterocycles. The van der Waals surface area contributed by atoms with Crippen molar-refractivity contribution in [3.8, 4) is 0 Å². The van der Waals surface area contributed by atoms with Crippen LogP contribution in [-0.2, 0) is 0 Å². The van der Waals surface area contributed by atoms with Crippen LogP contribution < -0.4 is 11.1 Å². The van der Waals surface area contributed by atoms with Gasteiger partial charge in [-0.05, 0) is 37.5 Å². The monoisotopic (exact) mass is 347 g/mol. The number of nitrogens with zero attached hydrogens (tertiary/aromatic N) is 3. The van der Waals surface area contributed by atoms with Crippen molar-refractivity contribution >= 4 is 17.2 Å². The molecule has 5 heteroatoms. The van der Waals surface area contributed by atoms with Gasteiger partial charge in [0.1, 0.15) is 11.5 Å². The Hall–Kier alpha value is -3.08. The first-order chi connectivity index (χ1) is 12.7. The van der Waals surface area contributed by atoms with E-state index in [2.05, 4.69) is 52.6 Å². The second kappa shape index (κ2) is 8.34. The third-order valence-electron chi connectivity index (χ3n) is 4.37. The molecule has 0 bridgehead atoms. The Balaban J connectivity index is 1.93. The number of fused-ring (bicyclic) bond motifs is 1. The van der Waals surface area contributed by atoms with Crippen LogP contribution in [0.1, 0.15) is 31.7 Å². The highest BCUT2D eigenvalue weighted by Gasteiger charge is 2.12. The molecule has 2 aromatic heterocycles. The van der Waals surface area contributed by atoms with Gasteiger partial charge in [-0.3, -0.25) is 4.99 Å². The van der Waals surface area contributed by atoms with Crippen LogP contribution >= 0.6 is 0 Å². The number of imidazole rings is 1. The van der Waals surface area contributed by atoms with Gasteiger partial charge in [-0.25, -0.2) is 4.98 Å². The average molecular weight is 347 g/mol. The zero-order valence-corrected chi connectivity index (χ0v) is 15.3. The van der Waals surface area contributed by atoms with E-state index in [1.165, 1.54) is 0 Å². The first kappa shape index (κ1) is 17.7. The molecular formula is C21H25N5. The largest absolute Gasteiger partial charge is 0.398 e. The van der Waals surface area contributed by atoms with Crippen LogP contribution in [0.5, 0.6) is 0 Å². The quantitative estimate of drug-likeness (QED) is 0.502. The maximum atomic E-state index is 6.52. The molecule has 2 aromatic rings. The molecule has 2 heterocycles. The number of nitrogens with one attached hydrogen (secondary N) is 1. The van der Waals surface area contributed by atoms with Crippen molar-refractivity contribution in [1.82, 2.24) is 14.7 Å². The normalized spacial score (nSPS) is 16.1. The molecule has 0 unspecified atom stereocenters. The summed E-state index contributed by atoms with van der Waals surface area (Å²) in [6.07, 6.45) is 19.0. The topological polar surface area (TPSA) is 67.7 Å². The van der Waals surface area contributed by atoms with Gasteiger partial charge in [-0.15, -0.1) is 0 Å². The maximum absolute atomic E-state index is 6.52. The van der Waals surface area contributed by atoms with Gasteiger partial charge in [0.05, 0.1) is 0 Å². The Morgan fingerprint density at radius 3 is 2.92 bits per heavy atom. The van der Waals surface area contributed by atoms with E-state index in [0.29, 0.717) is 0 Å². The van der Waals surface area contributed by atoms with Gasteiger partial charge in [0, 0.05) is 48.2 Å². The highest BCUT2D eigenvalue weighted by molar-refractivity contribution is 6.05. The number of allylic oxidation sites excluding steroid dienone is 5. The Labute approximate surface area is 154 Å². The van der Waals surface area contributed by atoms with E-state index in [-0.39, 0.29) is 0 Å². The molecule has 0 aromatic carbocycles. The zero-order chi connectivity index (χ0) is 18.4. The predicted molar refractivity (Wildman–Crippen MR) is 109 cm³/mol. The van der Waals surface area contributed by atoms with Crippen molar-refractivity contribution in [2.24, 2.45) is 10.7 Å². The van der Waals surface area contributed by atoms with Gasteiger partial charge < -0.3 is 15.5 Å². The van der Waals surface area contributed by atoms with Gasteiger partial charge in [0.15, 0.2) is 0 Å². The van der Waals surface area contributed by atoms with Crippen LogP contribution in [0.4, 0.5) is 0 Å². The Bertz CT molecular complexity index is 925. The molecular weight excluding hydrogens is 322 g/mol. The minimum Gasteiger partial charge on any atom is -0.398 e. The van der Waals surface area contributed by atoms with Crippen molar-refractivity contribution in [3.05, 3.63) is 77.9 Å². The van der Waals surface area contributed by atoms with Gasteiger partial charge >= 0.3 is 0 Å². The molecule has 5 nitrogen and oxygen atoms in total. The molecule has 1 aliphatic carbocycles. The second-order valence-electron chi connectivity index (χ2n) is 6.06. The molecule has 0 fully saturated rings. The van der Waals surface area contributed by atoms with E-state index in [9.17, 15) is 0 Å². The summed E-state index contributed by atoms with van der Waals surface area (Å²) in [5.41, 5.74) is 11.1. The number of nitrogens with two attached hydrogens (primary N) is 1. The van der Waals surface area contributed by atoms with Crippen LogP contribution in [0.15, 0.2) is 77.4 Å². The van der Waals surface area contributed by atoms with Gasteiger partial charge in [-0.2, -0.15) is 0 Å². The van der Waals surface area contributed by atoms with Crippen molar-refractivity contribution in [1.29, 1.82) is 0 Å². The fraction of sp³-hybridized carbons (Fsp3) is 0.238. The molecule has 0 spiro atoms. The molecule has 1 aliphatic rings. The van der Waals surface area contributed by atoms with Crippen LogP contribution in [0, 0.1) is 0 Å². The third kappa shape index (κ3) is 3.94. The molecule has 0 saturated heterocycles. The van der Waals surface area contributed by atoms with Crippen LogP contribution in [0.2, 0.25) is 0 Å². The standard InChI is InChI=1S/C21H25N5/c1-3-18(20(22)16-11-13-26-14-12-24-19(26)15-16)21(23-2)25-17-9-7-5-4-6-8-10-17/h4-5,8-15H,3,6-7,22H2,1-2H3,(H,23,25). The average Bonchev–Trinajstić information content (AvgIpc) is 3.10. The number of pyridine rings is 1. The lowest BCUT2D eigenvalue weighted by Gasteiger charge is -2.16. The number of amidine groups is 1. The summed E-state index contributed by atoms with van der Waals surface area (Å²) < 4.78 is 1.97. The number of hydrogen-bond acceptors (Lipinski definition) is 3. The van der Waals surface area contributed by atoms with E-state index >= 15 is 0 Å². The van der Waals surface area contributed by atoms with Crippen molar-refractivity contribution < 1.29 is 0 Å². The van der Waals surface area contributed by atoms with Crippen molar-refractivity contribution in [2.45, 2.75) is 26.2 Å². The number of aromatic nitrogens is 2. The van der Waals surface area contributed by atoms with Gasteiger partial charge in [-0.1, -0.05) is 31.2 Å². The lowest BCUT2D eigenvalue weighted by molar-refractivity contribution is 1.06. The van der Waals surface area contributed by atoms with Gasteiger partial charge in [0.2, 0.25) is 0 Å². The first-order valence-corrected chi connectivity index (χ1v) is 8.90. The summed E-state index contributed by atoms with van der Waals surface area (Å²) in [5.74, 6) is 0.800. The Morgan fingerprint density at radius 2 is 2.12 bits per heavy atom. The SMILES string of the molecule is CCC(C(=NC)NC1=CCC=CCC=C1)=C(N)c1ccn2ccnc2c1. The van der Waals surface area contributed by atoms with E-state index in [1.54, 1.807) is 13.2 Å². The molecule has 26 heavy (non-hydrogen) atoms. The lowest BCUT2D eigenvalue weighted by Crippen LogP contribution is -2.26. The minimum atomic E-state index is 0.724. The summed E-state index contributed by atoms with van der Waals surface area (Å²) in [7, 11) is 1.79. The fourth-order valence-electron chi connectivity index (χ4n) is 2.96.